The van der Waals surface area contributed by atoms with Gasteiger partial charge in [-0.3, -0.25) is 5.32 Å². The number of hydrogen-bond acceptors (Lipinski definition) is 4. The van der Waals surface area contributed by atoms with Gasteiger partial charge in [-0.1, -0.05) is 32.1 Å². The second-order valence-corrected chi connectivity index (χ2v) is 6.72. The van der Waals surface area contributed by atoms with E-state index in [2.05, 4.69) is 14.7 Å². The van der Waals surface area contributed by atoms with Crippen LogP contribution in [0, 0.1) is 18.8 Å². The lowest BCUT2D eigenvalue weighted by atomic mass is 9.80. The first kappa shape index (κ1) is 13.8. The predicted octanol–water partition coefficient (Wildman–Crippen LogP) is 3.28. The average Bonchev–Trinajstić information content (AvgIpc) is 3.09. The fourth-order valence-corrected chi connectivity index (χ4v) is 4.05. The highest BCUT2D eigenvalue weighted by Crippen LogP contribution is 2.35. The van der Waals surface area contributed by atoms with E-state index in [4.69, 9.17) is 0 Å². The number of nitrogens with one attached hydrogen (secondary N) is 1. The largest absolute Gasteiger partial charge is 0.324 e. The lowest BCUT2D eigenvalue weighted by molar-refractivity contribution is 0.211. The number of likely N-dealkylation sites (tertiary alicyclic amines) is 1. The van der Waals surface area contributed by atoms with Crippen LogP contribution in [-0.2, 0) is 0 Å². The number of amides is 2. The summed E-state index contributed by atoms with van der Waals surface area (Å²) in [4.78, 5) is 18.3. The molecular formula is C14H22N4OS. The molecule has 0 spiro atoms. The van der Waals surface area contributed by atoms with Crippen LogP contribution in [0.5, 0.6) is 0 Å². The van der Waals surface area contributed by atoms with Gasteiger partial charge in [-0.05, 0) is 25.2 Å². The van der Waals surface area contributed by atoms with Gasteiger partial charge in [0.25, 0.3) is 0 Å². The highest BCUT2D eigenvalue weighted by molar-refractivity contribution is 7.09. The smallest absolute Gasteiger partial charge is 0.323 e. The van der Waals surface area contributed by atoms with Crippen molar-refractivity contribution in [2.24, 2.45) is 11.8 Å². The molecular weight excluding hydrogens is 272 g/mol. The van der Waals surface area contributed by atoms with Crippen molar-refractivity contribution in [3.63, 3.8) is 0 Å². The lowest BCUT2D eigenvalue weighted by Gasteiger charge is -2.27. The molecule has 2 fully saturated rings. The standard InChI is InChI=1S/C14H22N4OS/c1-10-15-13(20-17-10)16-14(19)18-8-7-12(9-18)11-5-3-2-4-6-11/h11-12H,2-9H2,1H3,(H,15,16,17,19)/t12-/m1/s1. The third-order valence-corrected chi connectivity index (χ3v) is 5.29. The van der Waals surface area contributed by atoms with E-state index in [-0.39, 0.29) is 6.03 Å². The molecule has 1 N–H and O–H groups in total. The van der Waals surface area contributed by atoms with Crippen LogP contribution in [0.2, 0.25) is 0 Å². The minimum absolute atomic E-state index is 0.0144. The van der Waals surface area contributed by atoms with Crippen LogP contribution in [0.3, 0.4) is 0 Å². The van der Waals surface area contributed by atoms with Crippen LogP contribution in [0.4, 0.5) is 9.93 Å². The first-order chi connectivity index (χ1) is 9.72. The summed E-state index contributed by atoms with van der Waals surface area (Å²) in [5.41, 5.74) is 0. The Balaban J connectivity index is 1.52. The van der Waals surface area contributed by atoms with Gasteiger partial charge in [0.2, 0.25) is 5.13 Å². The van der Waals surface area contributed by atoms with Crippen LogP contribution >= 0.6 is 11.5 Å². The molecule has 0 aromatic carbocycles. The number of carbonyl (C=O) groups excluding carboxylic acids is 1. The second-order valence-electron chi connectivity index (χ2n) is 5.97. The quantitative estimate of drug-likeness (QED) is 0.910. The minimum atomic E-state index is -0.0144. The third kappa shape index (κ3) is 3.11. The molecule has 2 aliphatic rings. The van der Waals surface area contributed by atoms with Crippen molar-refractivity contribution >= 4 is 22.7 Å². The van der Waals surface area contributed by atoms with Gasteiger partial charge < -0.3 is 4.90 Å². The van der Waals surface area contributed by atoms with E-state index in [0.717, 1.165) is 25.4 Å². The summed E-state index contributed by atoms with van der Waals surface area (Å²) < 4.78 is 4.08. The van der Waals surface area contributed by atoms with Gasteiger partial charge in [0, 0.05) is 24.6 Å². The van der Waals surface area contributed by atoms with Crippen molar-refractivity contribution in [3.05, 3.63) is 5.82 Å². The highest BCUT2D eigenvalue weighted by atomic mass is 32.1. The number of urea groups is 1. The lowest BCUT2D eigenvalue weighted by Crippen LogP contribution is -2.33. The Morgan fingerprint density at radius 2 is 2.05 bits per heavy atom. The monoisotopic (exact) mass is 294 g/mol. The first-order valence-corrected chi connectivity index (χ1v) is 8.36. The van der Waals surface area contributed by atoms with Crippen LogP contribution in [0.25, 0.3) is 0 Å². The Hall–Kier alpha value is -1.17. The first-order valence-electron chi connectivity index (χ1n) is 7.58. The molecule has 2 amide bonds. The van der Waals surface area contributed by atoms with Crippen LogP contribution in [-0.4, -0.2) is 33.4 Å². The van der Waals surface area contributed by atoms with Crippen LogP contribution < -0.4 is 5.32 Å². The van der Waals surface area contributed by atoms with Gasteiger partial charge in [0.15, 0.2) is 0 Å². The van der Waals surface area contributed by atoms with Crippen molar-refractivity contribution in [1.82, 2.24) is 14.3 Å². The molecule has 0 unspecified atom stereocenters. The second kappa shape index (κ2) is 6.08. The van der Waals surface area contributed by atoms with Gasteiger partial charge >= 0.3 is 6.03 Å². The van der Waals surface area contributed by atoms with Crippen molar-refractivity contribution in [2.75, 3.05) is 18.4 Å². The average molecular weight is 294 g/mol. The topological polar surface area (TPSA) is 58.1 Å². The molecule has 2 heterocycles. The number of hydrogen-bond donors (Lipinski definition) is 1. The molecule has 20 heavy (non-hydrogen) atoms. The predicted molar refractivity (Wildman–Crippen MR) is 79.9 cm³/mol. The molecule has 110 valence electrons. The molecule has 1 aliphatic carbocycles. The summed E-state index contributed by atoms with van der Waals surface area (Å²) >= 11 is 1.25. The zero-order valence-corrected chi connectivity index (χ0v) is 12.8. The zero-order chi connectivity index (χ0) is 13.9. The molecule has 1 atom stereocenters. The number of nitrogens with zero attached hydrogens (tertiary/aromatic N) is 3. The van der Waals surface area contributed by atoms with E-state index >= 15 is 0 Å². The summed E-state index contributed by atoms with van der Waals surface area (Å²) in [7, 11) is 0. The summed E-state index contributed by atoms with van der Waals surface area (Å²) in [5.74, 6) is 2.26. The van der Waals surface area contributed by atoms with Crippen LogP contribution in [0.1, 0.15) is 44.3 Å². The van der Waals surface area contributed by atoms with Gasteiger partial charge in [-0.15, -0.1) is 0 Å². The molecule has 1 aliphatic heterocycles. The van der Waals surface area contributed by atoms with Gasteiger partial charge in [0.1, 0.15) is 5.82 Å². The Kier molecular flexibility index (Phi) is 4.19. The zero-order valence-electron chi connectivity index (χ0n) is 12.0. The fourth-order valence-electron chi connectivity index (χ4n) is 3.48. The Labute approximate surface area is 123 Å². The molecule has 1 aromatic heterocycles. The van der Waals surface area contributed by atoms with Gasteiger partial charge in [-0.25, -0.2) is 9.78 Å². The van der Waals surface area contributed by atoms with Crippen molar-refractivity contribution in [3.8, 4) is 0 Å². The summed E-state index contributed by atoms with van der Waals surface area (Å²) in [6, 6.07) is -0.0144. The minimum Gasteiger partial charge on any atom is -0.324 e. The Morgan fingerprint density at radius 3 is 2.75 bits per heavy atom. The number of carbonyl (C=O) groups is 1. The van der Waals surface area contributed by atoms with Crippen molar-refractivity contribution in [2.45, 2.75) is 45.4 Å². The van der Waals surface area contributed by atoms with Crippen LogP contribution in [0.15, 0.2) is 0 Å². The number of aryl methyl sites for hydroxylation is 1. The number of anilines is 1. The molecule has 1 saturated heterocycles. The van der Waals surface area contributed by atoms with E-state index in [0.29, 0.717) is 16.9 Å². The number of aromatic nitrogens is 2. The Bertz CT molecular complexity index is 469. The molecule has 1 aromatic rings. The fraction of sp³-hybridized carbons (Fsp3) is 0.786. The summed E-state index contributed by atoms with van der Waals surface area (Å²) in [6.07, 6.45) is 8.01. The maximum Gasteiger partial charge on any atom is 0.323 e. The van der Waals surface area contributed by atoms with Gasteiger partial charge in [-0.2, -0.15) is 4.37 Å². The van der Waals surface area contributed by atoms with E-state index in [1.165, 1.54) is 43.6 Å². The van der Waals surface area contributed by atoms with E-state index in [1.807, 2.05) is 11.8 Å². The summed E-state index contributed by atoms with van der Waals surface area (Å²) in [5, 5.41) is 3.47. The molecule has 1 saturated carbocycles. The number of rotatable bonds is 2. The Morgan fingerprint density at radius 1 is 1.25 bits per heavy atom. The normalized spacial score (nSPS) is 24.1. The molecule has 3 rings (SSSR count). The van der Waals surface area contributed by atoms with E-state index < -0.39 is 0 Å². The van der Waals surface area contributed by atoms with Crippen molar-refractivity contribution < 1.29 is 4.79 Å². The van der Waals surface area contributed by atoms with E-state index in [1.54, 1.807) is 0 Å². The highest BCUT2D eigenvalue weighted by Gasteiger charge is 2.32. The third-order valence-electron chi connectivity index (χ3n) is 4.57. The van der Waals surface area contributed by atoms with E-state index in [9.17, 15) is 4.79 Å². The summed E-state index contributed by atoms with van der Waals surface area (Å²) in [6.45, 7) is 3.63. The SMILES string of the molecule is Cc1nsc(NC(=O)N2CC[C@@H](C3CCCCC3)C2)n1. The molecule has 6 heteroatoms. The molecule has 5 nitrogen and oxygen atoms in total. The van der Waals surface area contributed by atoms with Gasteiger partial charge in [0.05, 0.1) is 0 Å². The van der Waals surface area contributed by atoms with Crippen molar-refractivity contribution in [1.29, 1.82) is 0 Å². The molecule has 0 bridgehead atoms. The maximum atomic E-state index is 12.2. The molecule has 0 radical (unpaired) electrons. The maximum absolute atomic E-state index is 12.2.